The molecule has 0 fully saturated rings. The number of nitrogen functional groups attached to an aromatic ring is 1. The van der Waals surface area contributed by atoms with Crippen LogP contribution < -0.4 is 11.3 Å². The van der Waals surface area contributed by atoms with Gasteiger partial charge in [-0.15, -0.1) is 0 Å². The maximum atomic E-state index is 13.0. The number of amides is 1. The quantitative estimate of drug-likeness (QED) is 0.367. The van der Waals surface area contributed by atoms with Crippen LogP contribution in [0.4, 0.5) is 0 Å². The summed E-state index contributed by atoms with van der Waals surface area (Å²) < 4.78 is 26.1. The number of nitrogens with two attached hydrogens (primary N) is 1. The highest BCUT2D eigenvalue weighted by Gasteiger charge is 2.29. The van der Waals surface area contributed by atoms with Crippen LogP contribution in [0.15, 0.2) is 52.3 Å². The highest BCUT2D eigenvalue weighted by molar-refractivity contribution is 7.91. The fourth-order valence-corrected chi connectivity index (χ4v) is 4.28. The number of halogens is 2. The van der Waals surface area contributed by atoms with Gasteiger partial charge in [-0.1, -0.05) is 23.2 Å². The summed E-state index contributed by atoms with van der Waals surface area (Å²) in [5.41, 5.74) is 2.23. The van der Waals surface area contributed by atoms with Gasteiger partial charge in [0.15, 0.2) is 0 Å². The second kappa shape index (κ2) is 6.10. The third-order valence-electron chi connectivity index (χ3n) is 3.46. The Balaban J connectivity index is 2.36. The van der Waals surface area contributed by atoms with Gasteiger partial charge in [-0.05, 0) is 42.5 Å². The number of carbonyl (C=O) groups excluding carboxylic acids is 1. The molecule has 9 heteroatoms. The first-order chi connectivity index (χ1) is 11.3. The predicted octanol–water partition coefficient (Wildman–Crippen LogP) is 2.91. The zero-order valence-corrected chi connectivity index (χ0v) is 14.3. The number of hydrogen-bond acceptors (Lipinski definition) is 4. The van der Waals surface area contributed by atoms with E-state index < -0.39 is 15.7 Å². The topological polar surface area (TPSA) is 105 Å². The number of aromatic nitrogens is 1. The lowest BCUT2D eigenvalue weighted by molar-refractivity contribution is 0.0946. The number of sulfone groups is 1. The highest BCUT2D eigenvalue weighted by Crippen LogP contribution is 2.33. The molecule has 3 rings (SSSR count). The summed E-state index contributed by atoms with van der Waals surface area (Å²) in [6.07, 6.45) is 0. The third-order valence-corrected chi connectivity index (χ3v) is 5.81. The van der Waals surface area contributed by atoms with Gasteiger partial charge in [0.1, 0.15) is 10.6 Å². The summed E-state index contributed by atoms with van der Waals surface area (Å²) in [5.74, 6) is 4.41. The van der Waals surface area contributed by atoms with Crippen molar-refractivity contribution in [2.24, 2.45) is 5.84 Å². The SMILES string of the molecule is NNC(=O)c1[nH]c2ccc(Cl)cc2c1S(=O)(=O)c1ccc(Cl)cc1. The van der Waals surface area contributed by atoms with E-state index in [4.69, 9.17) is 29.0 Å². The molecule has 4 N–H and O–H groups in total. The van der Waals surface area contributed by atoms with Gasteiger partial charge >= 0.3 is 0 Å². The fraction of sp³-hybridized carbons (Fsp3) is 0. The van der Waals surface area contributed by atoms with Gasteiger partial charge in [-0.2, -0.15) is 0 Å². The maximum Gasteiger partial charge on any atom is 0.282 e. The third kappa shape index (κ3) is 2.76. The van der Waals surface area contributed by atoms with E-state index in [1.807, 2.05) is 5.43 Å². The normalized spacial score (nSPS) is 11.6. The zero-order valence-electron chi connectivity index (χ0n) is 12.0. The Morgan fingerprint density at radius 3 is 2.29 bits per heavy atom. The Hall–Kier alpha value is -2.06. The molecule has 6 nitrogen and oxygen atoms in total. The van der Waals surface area contributed by atoms with Crippen LogP contribution >= 0.6 is 23.2 Å². The number of rotatable bonds is 3. The predicted molar refractivity (Wildman–Crippen MR) is 91.9 cm³/mol. The van der Waals surface area contributed by atoms with Crippen LogP contribution in [0.1, 0.15) is 10.5 Å². The second-order valence-corrected chi connectivity index (χ2v) is 7.71. The first-order valence-corrected chi connectivity index (χ1v) is 8.91. The molecular weight excluding hydrogens is 373 g/mol. The van der Waals surface area contributed by atoms with Crippen molar-refractivity contribution in [3.63, 3.8) is 0 Å². The van der Waals surface area contributed by atoms with E-state index >= 15 is 0 Å². The fourth-order valence-electron chi connectivity index (χ4n) is 2.38. The van der Waals surface area contributed by atoms with Crippen molar-refractivity contribution in [3.8, 4) is 0 Å². The molecule has 124 valence electrons. The van der Waals surface area contributed by atoms with Crippen LogP contribution in [0.25, 0.3) is 10.9 Å². The number of aromatic amines is 1. The molecule has 0 aliphatic rings. The van der Waals surface area contributed by atoms with Crippen LogP contribution in [-0.2, 0) is 9.84 Å². The van der Waals surface area contributed by atoms with Gasteiger partial charge in [0.05, 0.1) is 4.90 Å². The average Bonchev–Trinajstić information content (AvgIpc) is 2.93. The highest BCUT2D eigenvalue weighted by atomic mass is 35.5. The lowest BCUT2D eigenvalue weighted by Crippen LogP contribution is -2.31. The number of hydrazine groups is 1. The standard InChI is InChI=1S/C15H11Cl2N3O3S/c16-8-1-4-10(5-2-8)24(22,23)14-11-7-9(17)3-6-12(11)19-13(14)15(21)20-18/h1-7,19H,18H2,(H,20,21). The maximum absolute atomic E-state index is 13.0. The Morgan fingerprint density at radius 2 is 1.67 bits per heavy atom. The van der Waals surface area contributed by atoms with E-state index in [1.54, 1.807) is 12.1 Å². The minimum absolute atomic E-state index is 0.00107. The van der Waals surface area contributed by atoms with Crippen LogP contribution in [0, 0.1) is 0 Å². The van der Waals surface area contributed by atoms with Crippen molar-refractivity contribution in [3.05, 3.63) is 58.2 Å². The number of hydrogen-bond donors (Lipinski definition) is 3. The molecular formula is C15H11Cl2N3O3S. The Bertz CT molecular complexity index is 1040. The minimum Gasteiger partial charge on any atom is -0.349 e. The van der Waals surface area contributed by atoms with Crippen LogP contribution in [0.3, 0.4) is 0 Å². The van der Waals surface area contributed by atoms with E-state index in [2.05, 4.69) is 4.98 Å². The summed E-state index contributed by atoms with van der Waals surface area (Å²) in [4.78, 5) is 14.6. The second-order valence-electron chi connectivity index (χ2n) is 4.95. The van der Waals surface area contributed by atoms with Crippen molar-refractivity contribution >= 4 is 49.8 Å². The van der Waals surface area contributed by atoms with E-state index in [1.165, 1.54) is 30.3 Å². The molecule has 0 radical (unpaired) electrons. The molecule has 0 unspecified atom stereocenters. The molecule has 0 aliphatic carbocycles. The van der Waals surface area contributed by atoms with Crippen molar-refractivity contribution in [2.45, 2.75) is 9.79 Å². The molecule has 0 saturated heterocycles. The number of nitrogens with one attached hydrogen (secondary N) is 2. The van der Waals surface area contributed by atoms with Gasteiger partial charge < -0.3 is 4.98 Å². The van der Waals surface area contributed by atoms with Crippen molar-refractivity contribution < 1.29 is 13.2 Å². The number of carbonyl (C=O) groups is 1. The Kier molecular flexibility index (Phi) is 4.27. The Morgan fingerprint density at radius 1 is 1.04 bits per heavy atom. The average molecular weight is 384 g/mol. The minimum atomic E-state index is -4.01. The number of benzene rings is 2. The molecule has 0 saturated carbocycles. The van der Waals surface area contributed by atoms with Gasteiger partial charge in [0.2, 0.25) is 9.84 Å². The van der Waals surface area contributed by atoms with Crippen molar-refractivity contribution in [1.29, 1.82) is 0 Å². The van der Waals surface area contributed by atoms with E-state index in [-0.39, 0.29) is 15.5 Å². The molecule has 24 heavy (non-hydrogen) atoms. The first-order valence-electron chi connectivity index (χ1n) is 6.67. The number of H-pyrrole nitrogens is 1. The van der Waals surface area contributed by atoms with Gasteiger partial charge in [0, 0.05) is 20.9 Å². The summed E-state index contributed by atoms with van der Waals surface area (Å²) in [6, 6.07) is 10.3. The molecule has 0 atom stereocenters. The van der Waals surface area contributed by atoms with Crippen molar-refractivity contribution in [2.75, 3.05) is 0 Å². The first kappa shape index (κ1) is 16.8. The van der Waals surface area contributed by atoms with Crippen LogP contribution in [-0.4, -0.2) is 19.3 Å². The van der Waals surface area contributed by atoms with Crippen LogP contribution in [0.2, 0.25) is 10.0 Å². The van der Waals surface area contributed by atoms with E-state index in [9.17, 15) is 13.2 Å². The summed E-state index contributed by atoms with van der Waals surface area (Å²) in [7, 11) is -4.01. The van der Waals surface area contributed by atoms with E-state index in [0.29, 0.717) is 20.9 Å². The lowest BCUT2D eigenvalue weighted by Gasteiger charge is -2.06. The molecule has 2 aromatic carbocycles. The molecule has 3 aromatic rings. The van der Waals surface area contributed by atoms with E-state index in [0.717, 1.165) is 0 Å². The molecule has 1 heterocycles. The smallest absolute Gasteiger partial charge is 0.282 e. The summed E-state index contributed by atoms with van der Waals surface area (Å²) in [6.45, 7) is 0. The monoisotopic (exact) mass is 383 g/mol. The van der Waals surface area contributed by atoms with Crippen molar-refractivity contribution in [1.82, 2.24) is 10.4 Å². The van der Waals surface area contributed by atoms with Gasteiger partial charge in [0.25, 0.3) is 5.91 Å². The summed E-state index contributed by atoms with van der Waals surface area (Å²) >= 11 is 11.8. The largest absolute Gasteiger partial charge is 0.349 e. The molecule has 0 bridgehead atoms. The molecule has 0 aliphatic heterocycles. The van der Waals surface area contributed by atoms with Gasteiger partial charge in [-0.25, -0.2) is 14.3 Å². The van der Waals surface area contributed by atoms with Crippen LogP contribution in [0.5, 0.6) is 0 Å². The molecule has 1 amide bonds. The summed E-state index contributed by atoms with van der Waals surface area (Å²) in [5, 5.41) is 1.04. The molecule has 1 aromatic heterocycles. The Labute approximate surface area is 147 Å². The molecule has 0 spiro atoms. The van der Waals surface area contributed by atoms with Gasteiger partial charge in [-0.3, -0.25) is 10.2 Å². The number of fused-ring (bicyclic) bond motifs is 1. The lowest BCUT2D eigenvalue weighted by atomic mass is 10.2. The zero-order chi connectivity index (χ0) is 17.5.